The first kappa shape index (κ1) is 27.1. The zero-order valence-corrected chi connectivity index (χ0v) is 22.1. The van der Waals surface area contributed by atoms with Gasteiger partial charge in [0.1, 0.15) is 0 Å². The smallest absolute Gasteiger partial charge is 0.0595 e. The molecule has 2 unspecified atom stereocenters. The number of piperazine rings is 1. The fraction of sp³-hybridized carbons (Fsp3) is 0.286. The van der Waals surface area contributed by atoms with Crippen molar-refractivity contribution in [2.24, 2.45) is 0 Å². The molecular weight excluding hydrogens is 506 g/mol. The molecule has 2 aliphatic rings. The summed E-state index contributed by atoms with van der Waals surface area (Å²) in [6, 6.07) is 26.0. The average Bonchev–Trinajstić information content (AvgIpc) is 3.22. The number of halogens is 4. The summed E-state index contributed by atoms with van der Waals surface area (Å²) < 4.78 is 0. The van der Waals surface area contributed by atoms with Gasteiger partial charge in [0.15, 0.2) is 0 Å². The minimum absolute atomic E-state index is 0. The minimum atomic E-state index is 0. The molecule has 1 saturated heterocycles. The molecule has 5 rings (SSSR count). The number of benzene rings is 3. The molecule has 1 fully saturated rings. The van der Waals surface area contributed by atoms with Crippen LogP contribution in [0.1, 0.15) is 40.6 Å². The second-order valence-corrected chi connectivity index (χ2v) is 9.57. The van der Waals surface area contributed by atoms with E-state index in [1.54, 1.807) is 0 Å². The first-order valence-corrected chi connectivity index (χ1v) is 12.2. The molecule has 1 aliphatic carbocycles. The predicted octanol–water partition coefficient (Wildman–Crippen LogP) is 7.74. The van der Waals surface area contributed by atoms with Crippen LogP contribution in [0.25, 0.3) is 6.08 Å². The summed E-state index contributed by atoms with van der Waals surface area (Å²) in [5.74, 6) is 0.373. The van der Waals surface area contributed by atoms with Crippen molar-refractivity contribution < 1.29 is 0 Å². The Bertz CT molecular complexity index is 1090. The Labute approximate surface area is 225 Å². The van der Waals surface area contributed by atoms with E-state index in [1.807, 2.05) is 12.1 Å². The van der Waals surface area contributed by atoms with Crippen LogP contribution in [0.4, 0.5) is 0 Å². The zero-order chi connectivity index (χ0) is 21.9. The average molecular weight is 536 g/mol. The molecule has 1 aliphatic heterocycles. The molecule has 0 radical (unpaired) electrons. The molecular formula is C28H30Cl4N2. The highest BCUT2D eigenvalue weighted by atomic mass is 35.5. The summed E-state index contributed by atoms with van der Waals surface area (Å²) in [6.07, 6.45) is 5.61. The second kappa shape index (κ2) is 12.4. The van der Waals surface area contributed by atoms with Gasteiger partial charge in [0.05, 0.1) is 10.0 Å². The third-order valence-electron chi connectivity index (χ3n) is 6.86. The Kier molecular flexibility index (Phi) is 9.91. The van der Waals surface area contributed by atoms with Crippen molar-refractivity contribution >= 4 is 54.1 Å². The molecule has 0 aromatic heterocycles. The Morgan fingerprint density at radius 2 is 1.44 bits per heavy atom. The van der Waals surface area contributed by atoms with Crippen molar-refractivity contribution in [3.8, 4) is 0 Å². The summed E-state index contributed by atoms with van der Waals surface area (Å²) in [4.78, 5) is 5.22. The zero-order valence-electron chi connectivity index (χ0n) is 18.9. The van der Waals surface area contributed by atoms with E-state index in [-0.39, 0.29) is 24.8 Å². The quantitative estimate of drug-likeness (QED) is 0.329. The van der Waals surface area contributed by atoms with Gasteiger partial charge >= 0.3 is 0 Å². The van der Waals surface area contributed by atoms with E-state index >= 15 is 0 Å². The highest BCUT2D eigenvalue weighted by Crippen LogP contribution is 2.47. The van der Waals surface area contributed by atoms with Crippen LogP contribution in [-0.2, 0) is 0 Å². The Hall–Kier alpha value is -1.52. The first-order valence-electron chi connectivity index (χ1n) is 11.4. The van der Waals surface area contributed by atoms with E-state index < -0.39 is 0 Å². The molecule has 0 saturated carbocycles. The number of nitrogens with zero attached hydrogens (tertiary/aromatic N) is 2. The lowest BCUT2D eigenvalue weighted by molar-refractivity contribution is 0.102. The predicted molar refractivity (Wildman–Crippen MR) is 150 cm³/mol. The Morgan fingerprint density at radius 3 is 2.15 bits per heavy atom. The second-order valence-electron chi connectivity index (χ2n) is 8.76. The van der Waals surface area contributed by atoms with Gasteiger partial charge in [-0.25, -0.2) is 0 Å². The van der Waals surface area contributed by atoms with E-state index in [0.717, 1.165) is 39.1 Å². The van der Waals surface area contributed by atoms with Gasteiger partial charge in [-0.2, -0.15) is 0 Å². The Balaban J connectivity index is 0.00000162. The molecule has 0 bridgehead atoms. The normalized spacial score (nSPS) is 20.5. The molecule has 2 atom stereocenters. The van der Waals surface area contributed by atoms with E-state index in [1.165, 1.54) is 22.3 Å². The number of hydrogen-bond acceptors (Lipinski definition) is 2. The highest BCUT2D eigenvalue weighted by molar-refractivity contribution is 6.42. The van der Waals surface area contributed by atoms with Gasteiger partial charge in [-0.15, -0.1) is 24.8 Å². The SMILES string of the molecule is Cl.Cl.Clc1ccc(C2CC(N3CCN(C/C=C/c4ccccc4)CC3)c3ccccc32)cc1Cl. The van der Waals surface area contributed by atoms with Crippen LogP contribution in [0.2, 0.25) is 10.0 Å². The molecule has 0 spiro atoms. The van der Waals surface area contributed by atoms with Crippen molar-refractivity contribution in [1.82, 2.24) is 9.80 Å². The van der Waals surface area contributed by atoms with Crippen LogP contribution in [0.5, 0.6) is 0 Å². The molecule has 34 heavy (non-hydrogen) atoms. The fourth-order valence-electron chi connectivity index (χ4n) is 5.16. The summed E-state index contributed by atoms with van der Waals surface area (Å²) in [5, 5.41) is 1.26. The number of rotatable bonds is 5. The number of fused-ring (bicyclic) bond motifs is 1. The molecule has 3 aromatic rings. The molecule has 0 amide bonds. The molecule has 1 heterocycles. The van der Waals surface area contributed by atoms with Gasteiger partial charge < -0.3 is 0 Å². The minimum Gasteiger partial charge on any atom is -0.297 e. The summed E-state index contributed by atoms with van der Waals surface area (Å²) in [7, 11) is 0. The van der Waals surface area contributed by atoms with Gasteiger partial charge in [0.25, 0.3) is 0 Å². The standard InChI is InChI=1S/C28H28Cl2N2.2ClH/c29-26-13-12-22(19-27(26)30)25-20-28(24-11-5-4-10-23(24)25)32-17-15-31(16-18-32)14-6-9-21-7-2-1-3-8-21;;/h1-13,19,25,28H,14-18,20H2;2*1H/b9-6+;;. The summed E-state index contributed by atoms with van der Waals surface area (Å²) in [6.45, 7) is 5.43. The van der Waals surface area contributed by atoms with Crippen molar-refractivity contribution in [3.63, 3.8) is 0 Å². The van der Waals surface area contributed by atoms with Crippen molar-refractivity contribution in [2.75, 3.05) is 32.7 Å². The maximum atomic E-state index is 6.35. The van der Waals surface area contributed by atoms with Gasteiger partial charge in [-0.05, 0) is 40.8 Å². The summed E-state index contributed by atoms with van der Waals surface area (Å²) >= 11 is 12.5. The lowest BCUT2D eigenvalue weighted by Crippen LogP contribution is -2.47. The maximum absolute atomic E-state index is 6.35. The van der Waals surface area contributed by atoms with Crippen molar-refractivity contribution in [1.29, 1.82) is 0 Å². The molecule has 3 aromatic carbocycles. The number of hydrogen-bond donors (Lipinski definition) is 0. The largest absolute Gasteiger partial charge is 0.297 e. The van der Waals surface area contributed by atoms with Crippen LogP contribution in [0.3, 0.4) is 0 Å². The van der Waals surface area contributed by atoms with Crippen LogP contribution < -0.4 is 0 Å². The third kappa shape index (κ3) is 5.99. The first-order chi connectivity index (χ1) is 15.7. The maximum Gasteiger partial charge on any atom is 0.0595 e. The van der Waals surface area contributed by atoms with Crippen molar-refractivity contribution in [2.45, 2.75) is 18.4 Å². The molecule has 2 nitrogen and oxygen atoms in total. The van der Waals surface area contributed by atoms with Gasteiger partial charge in [-0.3, -0.25) is 9.80 Å². The van der Waals surface area contributed by atoms with Gasteiger partial charge in [0.2, 0.25) is 0 Å². The van der Waals surface area contributed by atoms with Gasteiger partial charge in [0, 0.05) is 44.7 Å². The van der Waals surface area contributed by atoms with E-state index in [0.29, 0.717) is 22.0 Å². The lowest BCUT2D eigenvalue weighted by atomic mass is 9.93. The molecule has 6 heteroatoms. The van der Waals surface area contributed by atoms with Crippen LogP contribution >= 0.6 is 48.0 Å². The lowest BCUT2D eigenvalue weighted by Gasteiger charge is -2.38. The van der Waals surface area contributed by atoms with Gasteiger partial charge in [-0.1, -0.05) is 96.0 Å². The van der Waals surface area contributed by atoms with E-state index in [9.17, 15) is 0 Å². The molecule has 0 N–H and O–H groups in total. The van der Waals surface area contributed by atoms with Crippen LogP contribution in [-0.4, -0.2) is 42.5 Å². The van der Waals surface area contributed by atoms with E-state index in [2.05, 4.69) is 82.6 Å². The topological polar surface area (TPSA) is 6.48 Å². The highest BCUT2D eigenvalue weighted by Gasteiger charge is 2.36. The van der Waals surface area contributed by atoms with E-state index in [4.69, 9.17) is 23.2 Å². The van der Waals surface area contributed by atoms with Crippen LogP contribution in [0.15, 0.2) is 78.9 Å². The summed E-state index contributed by atoms with van der Waals surface area (Å²) in [5.41, 5.74) is 5.44. The van der Waals surface area contributed by atoms with Crippen LogP contribution in [0, 0.1) is 0 Å². The Morgan fingerprint density at radius 1 is 0.765 bits per heavy atom. The van der Waals surface area contributed by atoms with Crippen molar-refractivity contribution in [3.05, 3.63) is 111 Å². The monoisotopic (exact) mass is 534 g/mol. The molecule has 180 valence electrons. The third-order valence-corrected chi connectivity index (χ3v) is 7.60. The fourth-order valence-corrected chi connectivity index (χ4v) is 5.47.